The maximum absolute atomic E-state index is 5.42. The summed E-state index contributed by atoms with van der Waals surface area (Å²) in [6.45, 7) is 0.202. The lowest BCUT2D eigenvalue weighted by molar-refractivity contribution is 0.174. The summed E-state index contributed by atoms with van der Waals surface area (Å²) in [7, 11) is 3.69. The first-order valence-electron chi connectivity index (χ1n) is 5.25. The van der Waals surface area contributed by atoms with E-state index in [-0.39, 0.29) is 6.79 Å². The van der Waals surface area contributed by atoms with Crippen LogP contribution in [0.4, 0.5) is 5.95 Å². The zero-order valence-electron chi connectivity index (χ0n) is 9.81. The second-order valence-electron chi connectivity index (χ2n) is 3.98. The lowest BCUT2D eigenvalue weighted by Crippen LogP contribution is -2.10. The molecule has 2 heterocycles. The number of hydrogen-bond acceptors (Lipinski definition) is 6. The Bertz CT molecular complexity index is 597. The molecular weight excluding hydrogens is 302 g/mol. The van der Waals surface area contributed by atoms with E-state index in [1.807, 2.05) is 26.2 Å². The number of benzene rings is 1. The van der Waals surface area contributed by atoms with E-state index in [0.29, 0.717) is 23.3 Å². The van der Waals surface area contributed by atoms with Crippen LogP contribution in [0.1, 0.15) is 0 Å². The smallest absolute Gasteiger partial charge is 0.265 e. The summed E-state index contributed by atoms with van der Waals surface area (Å²) in [4.78, 5) is 6.06. The topological polar surface area (TPSA) is 60.6 Å². The van der Waals surface area contributed by atoms with Gasteiger partial charge in [-0.3, -0.25) is 0 Å². The summed E-state index contributed by atoms with van der Waals surface area (Å²) in [5.41, 5.74) is 0.720. The van der Waals surface area contributed by atoms with Gasteiger partial charge in [0.2, 0.25) is 6.79 Å². The van der Waals surface area contributed by atoms with Gasteiger partial charge in [-0.05, 0) is 17.3 Å². The molecule has 1 aromatic heterocycles. The van der Waals surface area contributed by atoms with Crippen molar-refractivity contribution in [3.8, 4) is 23.0 Å². The maximum atomic E-state index is 5.42. The van der Waals surface area contributed by atoms with E-state index in [0.717, 1.165) is 10.0 Å². The SMILES string of the molecule is CN(C)c1noc(-c2cc(Br)cc3c2OCO3)n1. The molecule has 1 aromatic carbocycles. The highest BCUT2D eigenvalue weighted by atomic mass is 79.9. The molecule has 0 spiro atoms. The van der Waals surface area contributed by atoms with Gasteiger partial charge in [0.15, 0.2) is 11.5 Å². The van der Waals surface area contributed by atoms with Gasteiger partial charge in [0.1, 0.15) is 0 Å². The van der Waals surface area contributed by atoms with Crippen LogP contribution in [0.3, 0.4) is 0 Å². The second-order valence-corrected chi connectivity index (χ2v) is 4.90. The van der Waals surface area contributed by atoms with Crippen LogP contribution in [0, 0.1) is 0 Å². The fourth-order valence-electron chi connectivity index (χ4n) is 1.64. The van der Waals surface area contributed by atoms with E-state index in [1.54, 1.807) is 4.90 Å². The third-order valence-electron chi connectivity index (χ3n) is 2.48. The van der Waals surface area contributed by atoms with Gasteiger partial charge in [0, 0.05) is 18.6 Å². The molecule has 18 heavy (non-hydrogen) atoms. The van der Waals surface area contributed by atoms with Crippen LogP contribution in [-0.2, 0) is 0 Å². The largest absolute Gasteiger partial charge is 0.454 e. The Labute approximate surface area is 112 Å². The van der Waals surface area contributed by atoms with Gasteiger partial charge in [-0.15, -0.1) is 0 Å². The number of ether oxygens (including phenoxy) is 2. The summed E-state index contributed by atoms with van der Waals surface area (Å²) in [6.07, 6.45) is 0. The lowest BCUT2D eigenvalue weighted by Gasteiger charge is -2.03. The Balaban J connectivity index is 2.11. The fraction of sp³-hybridized carbons (Fsp3) is 0.273. The van der Waals surface area contributed by atoms with Gasteiger partial charge in [0.05, 0.1) is 5.56 Å². The normalized spacial score (nSPS) is 12.8. The van der Waals surface area contributed by atoms with Gasteiger partial charge >= 0.3 is 0 Å². The summed E-state index contributed by atoms with van der Waals surface area (Å²) in [5, 5.41) is 3.88. The Morgan fingerprint density at radius 3 is 2.83 bits per heavy atom. The molecule has 0 saturated heterocycles. The number of rotatable bonds is 2. The van der Waals surface area contributed by atoms with Crippen LogP contribution in [-0.4, -0.2) is 31.0 Å². The molecule has 0 radical (unpaired) electrons. The zero-order valence-corrected chi connectivity index (χ0v) is 11.4. The van der Waals surface area contributed by atoms with Gasteiger partial charge in [-0.1, -0.05) is 15.9 Å². The van der Waals surface area contributed by atoms with Crippen molar-refractivity contribution < 1.29 is 14.0 Å². The van der Waals surface area contributed by atoms with Crippen LogP contribution in [0.25, 0.3) is 11.5 Å². The predicted molar refractivity (Wildman–Crippen MR) is 67.9 cm³/mol. The second kappa shape index (κ2) is 4.16. The van der Waals surface area contributed by atoms with Gasteiger partial charge in [0.25, 0.3) is 11.8 Å². The minimum atomic E-state index is 0.202. The molecule has 94 valence electrons. The molecule has 0 aliphatic carbocycles. The van der Waals surface area contributed by atoms with Gasteiger partial charge < -0.3 is 18.9 Å². The summed E-state index contributed by atoms with van der Waals surface area (Å²) in [5.74, 6) is 2.22. The summed E-state index contributed by atoms with van der Waals surface area (Å²) < 4.78 is 16.9. The van der Waals surface area contributed by atoms with Crippen LogP contribution >= 0.6 is 15.9 Å². The van der Waals surface area contributed by atoms with Crippen LogP contribution in [0.2, 0.25) is 0 Å². The Morgan fingerprint density at radius 1 is 1.28 bits per heavy atom. The Morgan fingerprint density at radius 2 is 2.11 bits per heavy atom. The lowest BCUT2D eigenvalue weighted by atomic mass is 10.2. The molecule has 7 heteroatoms. The van der Waals surface area contributed by atoms with E-state index in [9.17, 15) is 0 Å². The van der Waals surface area contributed by atoms with Crippen molar-refractivity contribution in [3.63, 3.8) is 0 Å². The molecule has 0 unspecified atom stereocenters. The van der Waals surface area contributed by atoms with Crippen molar-refractivity contribution in [1.82, 2.24) is 10.1 Å². The molecule has 0 N–H and O–H groups in total. The molecule has 1 aliphatic heterocycles. The molecular formula is C11H10BrN3O3. The van der Waals surface area contributed by atoms with E-state index < -0.39 is 0 Å². The van der Waals surface area contributed by atoms with E-state index in [2.05, 4.69) is 26.1 Å². The highest BCUT2D eigenvalue weighted by Crippen LogP contribution is 2.43. The van der Waals surface area contributed by atoms with Crippen LogP contribution < -0.4 is 14.4 Å². The quantitative estimate of drug-likeness (QED) is 0.848. The third-order valence-corrected chi connectivity index (χ3v) is 2.94. The average molecular weight is 312 g/mol. The van der Waals surface area contributed by atoms with E-state index >= 15 is 0 Å². The number of hydrogen-bond donors (Lipinski definition) is 0. The van der Waals surface area contributed by atoms with Crippen LogP contribution in [0.15, 0.2) is 21.1 Å². The minimum absolute atomic E-state index is 0.202. The van der Waals surface area contributed by atoms with Crippen molar-refractivity contribution in [2.24, 2.45) is 0 Å². The molecule has 2 aromatic rings. The molecule has 6 nitrogen and oxygen atoms in total. The number of halogens is 1. The van der Waals surface area contributed by atoms with E-state index in [1.165, 1.54) is 0 Å². The van der Waals surface area contributed by atoms with Crippen molar-refractivity contribution in [3.05, 3.63) is 16.6 Å². The standard InChI is InChI=1S/C11H10BrN3O3/c1-15(2)11-13-10(18-14-11)7-3-6(12)4-8-9(7)17-5-16-8/h3-4H,5H2,1-2H3. The highest BCUT2D eigenvalue weighted by molar-refractivity contribution is 9.10. The van der Waals surface area contributed by atoms with Gasteiger partial charge in [-0.2, -0.15) is 4.98 Å². The molecule has 0 atom stereocenters. The van der Waals surface area contributed by atoms with Crippen molar-refractivity contribution in [2.45, 2.75) is 0 Å². The molecule has 0 amide bonds. The Kier molecular flexibility index (Phi) is 2.62. The first-order valence-corrected chi connectivity index (χ1v) is 6.05. The molecule has 3 rings (SSSR count). The number of fused-ring (bicyclic) bond motifs is 1. The predicted octanol–water partition coefficient (Wildman–Crippen LogP) is 2.29. The number of nitrogens with zero attached hydrogens (tertiary/aromatic N) is 3. The third kappa shape index (κ3) is 1.80. The average Bonchev–Trinajstić information content (AvgIpc) is 2.95. The van der Waals surface area contributed by atoms with Crippen LogP contribution in [0.5, 0.6) is 11.5 Å². The Hall–Kier alpha value is -1.76. The van der Waals surface area contributed by atoms with Crippen molar-refractivity contribution in [2.75, 3.05) is 25.8 Å². The van der Waals surface area contributed by atoms with Crippen molar-refractivity contribution in [1.29, 1.82) is 0 Å². The van der Waals surface area contributed by atoms with Crippen molar-refractivity contribution >= 4 is 21.9 Å². The molecule has 0 fully saturated rings. The molecule has 0 saturated carbocycles. The first-order chi connectivity index (χ1) is 8.65. The molecule has 0 bridgehead atoms. The number of aromatic nitrogens is 2. The summed E-state index contributed by atoms with van der Waals surface area (Å²) in [6, 6.07) is 3.70. The molecule has 1 aliphatic rings. The van der Waals surface area contributed by atoms with Gasteiger partial charge in [-0.25, -0.2) is 0 Å². The first kappa shape index (κ1) is 11.3. The monoisotopic (exact) mass is 311 g/mol. The minimum Gasteiger partial charge on any atom is -0.454 e. The number of anilines is 1. The summed E-state index contributed by atoms with van der Waals surface area (Å²) >= 11 is 3.41. The fourth-order valence-corrected chi connectivity index (χ4v) is 2.08. The zero-order chi connectivity index (χ0) is 12.7. The highest BCUT2D eigenvalue weighted by Gasteiger charge is 2.23. The van der Waals surface area contributed by atoms with E-state index in [4.69, 9.17) is 14.0 Å². The maximum Gasteiger partial charge on any atom is 0.265 e.